The lowest BCUT2D eigenvalue weighted by atomic mass is 10.1. The van der Waals surface area contributed by atoms with E-state index in [9.17, 15) is 13.6 Å². The van der Waals surface area contributed by atoms with Crippen LogP contribution < -0.4 is 10.1 Å². The second kappa shape index (κ2) is 7.86. The van der Waals surface area contributed by atoms with E-state index in [4.69, 9.17) is 9.15 Å². The molecule has 0 aliphatic carbocycles. The number of rotatable bonds is 4. The van der Waals surface area contributed by atoms with Crippen molar-refractivity contribution in [2.45, 2.75) is 12.3 Å². The highest BCUT2D eigenvalue weighted by Gasteiger charge is 2.31. The van der Waals surface area contributed by atoms with Crippen LogP contribution in [0.25, 0.3) is 11.5 Å². The minimum absolute atomic E-state index is 0.0700. The Balaban J connectivity index is 1.40. The number of benzene rings is 2. The van der Waals surface area contributed by atoms with Crippen LogP contribution in [0.3, 0.4) is 0 Å². The van der Waals surface area contributed by atoms with Crippen LogP contribution in [0.15, 0.2) is 46.9 Å². The van der Waals surface area contributed by atoms with E-state index in [1.54, 1.807) is 19.2 Å². The van der Waals surface area contributed by atoms with E-state index in [-0.39, 0.29) is 11.6 Å². The highest BCUT2D eigenvalue weighted by molar-refractivity contribution is 5.89. The fraction of sp³-hybridized carbons (Fsp3) is 0.250. The molecule has 1 fully saturated rings. The number of anilines is 1. The summed E-state index contributed by atoms with van der Waals surface area (Å²) in [5.74, 6) is -0.0826. The fourth-order valence-corrected chi connectivity index (χ4v) is 3.18. The molecular weight excluding hydrogens is 382 g/mol. The molecule has 1 unspecified atom stereocenters. The minimum Gasteiger partial charge on any atom is -0.497 e. The molecule has 0 bridgehead atoms. The smallest absolute Gasteiger partial charge is 0.321 e. The summed E-state index contributed by atoms with van der Waals surface area (Å²) >= 11 is 0. The van der Waals surface area contributed by atoms with Gasteiger partial charge in [0.25, 0.3) is 0 Å². The van der Waals surface area contributed by atoms with E-state index in [1.807, 2.05) is 12.1 Å². The van der Waals surface area contributed by atoms with E-state index < -0.39 is 17.7 Å². The zero-order valence-corrected chi connectivity index (χ0v) is 15.6. The number of aromatic nitrogens is 2. The lowest BCUT2D eigenvalue weighted by Crippen LogP contribution is -2.33. The molecule has 2 heterocycles. The van der Waals surface area contributed by atoms with Crippen molar-refractivity contribution >= 4 is 11.7 Å². The number of halogens is 2. The Morgan fingerprint density at radius 2 is 2.00 bits per heavy atom. The second-order valence-electron chi connectivity index (χ2n) is 6.66. The van der Waals surface area contributed by atoms with Gasteiger partial charge in [-0.25, -0.2) is 13.6 Å². The van der Waals surface area contributed by atoms with Gasteiger partial charge < -0.3 is 19.4 Å². The van der Waals surface area contributed by atoms with Gasteiger partial charge in [-0.1, -0.05) is 0 Å². The largest absolute Gasteiger partial charge is 0.497 e. The van der Waals surface area contributed by atoms with Gasteiger partial charge in [-0.2, -0.15) is 0 Å². The van der Waals surface area contributed by atoms with Crippen molar-refractivity contribution in [3.05, 3.63) is 60.0 Å². The average Bonchev–Trinajstić information content (AvgIpc) is 3.40. The Kier molecular flexibility index (Phi) is 5.11. The van der Waals surface area contributed by atoms with Crippen LogP contribution in [-0.4, -0.2) is 41.3 Å². The molecule has 0 radical (unpaired) electrons. The normalized spacial score (nSPS) is 16.1. The molecule has 29 heavy (non-hydrogen) atoms. The number of methoxy groups -OCH3 is 1. The second-order valence-corrected chi connectivity index (χ2v) is 6.66. The Hall–Kier alpha value is -3.49. The van der Waals surface area contributed by atoms with Crippen molar-refractivity contribution < 1.29 is 22.7 Å². The number of nitrogens with zero attached hydrogens (tertiary/aromatic N) is 3. The van der Waals surface area contributed by atoms with Crippen LogP contribution in [-0.2, 0) is 0 Å². The highest BCUT2D eigenvalue weighted by atomic mass is 19.1. The molecule has 0 spiro atoms. The number of hydrogen-bond donors (Lipinski definition) is 1. The van der Waals surface area contributed by atoms with Crippen LogP contribution in [0, 0.1) is 11.6 Å². The third-order valence-corrected chi connectivity index (χ3v) is 4.78. The summed E-state index contributed by atoms with van der Waals surface area (Å²) in [4.78, 5) is 13.9. The van der Waals surface area contributed by atoms with E-state index in [2.05, 4.69) is 15.5 Å². The predicted molar refractivity (Wildman–Crippen MR) is 101 cm³/mol. The summed E-state index contributed by atoms with van der Waals surface area (Å²) in [7, 11) is 1.59. The standard InChI is InChI=1S/C20H18F2N4O3/c1-28-15-5-2-12(3-6-15)18-24-25-19(29-18)13-8-9-26(11-13)20(27)23-17-7-4-14(21)10-16(17)22/h2-7,10,13H,8-9,11H2,1H3,(H,23,27). The van der Waals surface area contributed by atoms with Crippen LogP contribution in [0.2, 0.25) is 0 Å². The predicted octanol–water partition coefficient (Wildman–Crippen LogP) is 4.04. The number of likely N-dealkylation sites (tertiary alicyclic amines) is 1. The number of urea groups is 1. The van der Waals surface area contributed by atoms with Crippen LogP contribution in [0.5, 0.6) is 5.75 Å². The van der Waals surface area contributed by atoms with Crippen LogP contribution >= 0.6 is 0 Å². The first-order valence-corrected chi connectivity index (χ1v) is 9.02. The van der Waals surface area contributed by atoms with Gasteiger partial charge in [0.05, 0.1) is 18.7 Å². The Bertz CT molecular complexity index is 1020. The van der Waals surface area contributed by atoms with E-state index in [0.29, 0.717) is 31.3 Å². The monoisotopic (exact) mass is 400 g/mol. The number of nitrogens with one attached hydrogen (secondary N) is 1. The number of amides is 2. The van der Waals surface area contributed by atoms with Crippen molar-refractivity contribution in [3.8, 4) is 17.2 Å². The molecule has 7 nitrogen and oxygen atoms in total. The molecular formula is C20H18F2N4O3. The van der Waals surface area contributed by atoms with Gasteiger partial charge in [0, 0.05) is 24.7 Å². The van der Waals surface area contributed by atoms with Crippen molar-refractivity contribution in [3.63, 3.8) is 0 Å². The Labute approximate surface area is 165 Å². The van der Waals surface area contributed by atoms with Gasteiger partial charge in [-0.3, -0.25) is 0 Å². The SMILES string of the molecule is COc1ccc(-c2nnc(C3CCN(C(=O)Nc4ccc(F)cc4F)C3)o2)cc1. The van der Waals surface area contributed by atoms with Gasteiger partial charge in [0.15, 0.2) is 0 Å². The summed E-state index contributed by atoms with van der Waals surface area (Å²) < 4.78 is 37.6. The van der Waals surface area contributed by atoms with Crippen LogP contribution in [0.1, 0.15) is 18.2 Å². The van der Waals surface area contributed by atoms with E-state index >= 15 is 0 Å². The molecule has 1 aliphatic heterocycles. The zero-order chi connectivity index (χ0) is 20.4. The first-order valence-electron chi connectivity index (χ1n) is 9.02. The van der Waals surface area contributed by atoms with Crippen molar-refractivity contribution in [1.82, 2.24) is 15.1 Å². The summed E-state index contributed by atoms with van der Waals surface area (Å²) in [6.07, 6.45) is 0.642. The topological polar surface area (TPSA) is 80.5 Å². The Morgan fingerprint density at radius 3 is 2.72 bits per heavy atom. The third-order valence-electron chi connectivity index (χ3n) is 4.78. The zero-order valence-electron chi connectivity index (χ0n) is 15.6. The minimum atomic E-state index is -0.824. The molecule has 1 N–H and O–H groups in total. The molecule has 150 valence electrons. The lowest BCUT2D eigenvalue weighted by Gasteiger charge is -2.17. The van der Waals surface area contributed by atoms with E-state index in [0.717, 1.165) is 23.4 Å². The maximum atomic E-state index is 13.7. The molecule has 1 aromatic heterocycles. The first-order chi connectivity index (χ1) is 14.0. The van der Waals surface area contributed by atoms with Crippen LogP contribution in [0.4, 0.5) is 19.3 Å². The van der Waals surface area contributed by atoms with Crippen molar-refractivity contribution in [2.24, 2.45) is 0 Å². The molecule has 1 aliphatic rings. The quantitative estimate of drug-likeness (QED) is 0.715. The highest BCUT2D eigenvalue weighted by Crippen LogP contribution is 2.29. The first kappa shape index (κ1) is 18.9. The molecule has 1 atom stereocenters. The number of carbonyl (C=O) groups is 1. The maximum Gasteiger partial charge on any atom is 0.321 e. The van der Waals surface area contributed by atoms with Gasteiger partial charge in [0.2, 0.25) is 11.8 Å². The molecule has 0 saturated carbocycles. The van der Waals surface area contributed by atoms with Gasteiger partial charge in [-0.15, -0.1) is 10.2 Å². The fourth-order valence-electron chi connectivity index (χ4n) is 3.18. The summed E-state index contributed by atoms with van der Waals surface area (Å²) in [6, 6.07) is 9.78. The molecule has 2 amide bonds. The molecule has 3 aromatic rings. The molecule has 4 rings (SSSR count). The lowest BCUT2D eigenvalue weighted by molar-refractivity contribution is 0.221. The van der Waals surface area contributed by atoms with Crippen molar-refractivity contribution in [1.29, 1.82) is 0 Å². The maximum absolute atomic E-state index is 13.7. The summed E-state index contributed by atoms with van der Waals surface area (Å²) in [5.41, 5.74) is 0.698. The van der Waals surface area contributed by atoms with E-state index in [1.165, 1.54) is 11.0 Å². The van der Waals surface area contributed by atoms with Gasteiger partial charge >= 0.3 is 6.03 Å². The summed E-state index contributed by atoms with van der Waals surface area (Å²) in [6.45, 7) is 0.818. The number of carbonyl (C=O) groups excluding carboxylic acids is 1. The summed E-state index contributed by atoms with van der Waals surface area (Å²) in [5, 5.41) is 10.7. The average molecular weight is 400 g/mol. The Morgan fingerprint density at radius 1 is 1.21 bits per heavy atom. The number of hydrogen-bond acceptors (Lipinski definition) is 5. The third kappa shape index (κ3) is 4.03. The van der Waals surface area contributed by atoms with Gasteiger partial charge in [0.1, 0.15) is 17.4 Å². The number of ether oxygens (including phenoxy) is 1. The van der Waals surface area contributed by atoms with Gasteiger partial charge in [-0.05, 0) is 42.8 Å². The molecule has 9 heteroatoms. The molecule has 2 aromatic carbocycles. The molecule has 1 saturated heterocycles. The van der Waals surface area contributed by atoms with Crippen molar-refractivity contribution in [2.75, 3.05) is 25.5 Å².